The molecule has 0 aliphatic carbocycles. The number of nitrogens with two attached hydrogens (primary N) is 2. The van der Waals surface area contributed by atoms with Crippen molar-refractivity contribution in [1.29, 1.82) is 0 Å². The number of methoxy groups -OCH3 is 1. The van der Waals surface area contributed by atoms with Gasteiger partial charge in [0.25, 0.3) is 0 Å². The van der Waals surface area contributed by atoms with Crippen LogP contribution in [0.4, 0.5) is 0 Å². The molecule has 0 radical (unpaired) electrons. The molecule has 2 atom stereocenters. The molecular weight excluding hydrogens is 244 g/mol. The Morgan fingerprint density at radius 2 is 2.18 bits per heavy atom. The van der Waals surface area contributed by atoms with E-state index < -0.39 is 18.1 Å². The van der Waals surface area contributed by atoms with Crippen molar-refractivity contribution in [3.8, 4) is 5.75 Å². The first-order valence-corrected chi connectivity index (χ1v) is 5.40. The molecule has 17 heavy (non-hydrogen) atoms. The number of hydrogen-bond donors (Lipinski definition) is 3. The molecule has 0 amide bonds. The van der Waals surface area contributed by atoms with E-state index in [-0.39, 0.29) is 6.42 Å². The molecule has 5 N–H and O–H groups in total. The lowest BCUT2D eigenvalue weighted by Gasteiger charge is -2.19. The van der Waals surface area contributed by atoms with Crippen LogP contribution < -0.4 is 16.2 Å². The molecule has 0 saturated heterocycles. The molecule has 0 heterocycles. The molecule has 0 saturated carbocycles. The second kappa shape index (κ2) is 5.86. The fourth-order valence-electron chi connectivity index (χ4n) is 1.47. The highest BCUT2D eigenvalue weighted by Gasteiger charge is 2.19. The van der Waals surface area contributed by atoms with Gasteiger partial charge in [0.15, 0.2) is 0 Å². The zero-order valence-corrected chi connectivity index (χ0v) is 10.1. The van der Waals surface area contributed by atoms with E-state index in [1.165, 1.54) is 7.11 Å². The second-order valence-corrected chi connectivity index (χ2v) is 4.09. The maximum absolute atomic E-state index is 10.5. The van der Waals surface area contributed by atoms with E-state index in [2.05, 4.69) is 0 Å². The molecule has 0 aliphatic rings. The molecule has 0 aromatic heterocycles. The monoisotopic (exact) mass is 258 g/mol. The summed E-state index contributed by atoms with van der Waals surface area (Å²) in [5, 5.41) is 9.05. The fourth-order valence-corrected chi connectivity index (χ4v) is 1.73. The van der Waals surface area contributed by atoms with E-state index in [1.54, 1.807) is 18.2 Å². The SMILES string of the molecule is COc1ccc(C(N)C(N)CC(=O)O)cc1Cl. The van der Waals surface area contributed by atoms with E-state index in [0.29, 0.717) is 16.3 Å². The molecule has 0 bridgehead atoms. The summed E-state index contributed by atoms with van der Waals surface area (Å²) in [7, 11) is 1.51. The van der Waals surface area contributed by atoms with Crippen LogP contribution in [0.5, 0.6) is 5.75 Å². The molecule has 5 nitrogen and oxygen atoms in total. The van der Waals surface area contributed by atoms with E-state index in [1.807, 2.05) is 0 Å². The van der Waals surface area contributed by atoms with Crippen molar-refractivity contribution in [3.05, 3.63) is 28.8 Å². The maximum Gasteiger partial charge on any atom is 0.304 e. The largest absolute Gasteiger partial charge is 0.495 e. The summed E-state index contributed by atoms with van der Waals surface area (Å²) >= 11 is 5.95. The van der Waals surface area contributed by atoms with Crippen LogP contribution in [0.3, 0.4) is 0 Å². The van der Waals surface area contributed by atoms with Crippen LogP contribution in [0.1, 0.15) is 18.0 Å². The Labute approximate surface area is 104 Å². The summed E-state index contributed by atoms with van der Waals surface area (Å²) < 4.78 is 5.01. The smallest absolute Gasteiger partial charge is 0.304 e. The first kappa shape index (κ1) is 13.8. The minimum absolute atomic E-state index is 0.190. The van der Waals surface area contributed by atoms with Gasteiger partial charge in [-0.2, -0.15) is 0 Å². The Morgan fingerprint density at radius 1 is 1.53 bits per heavy atom. The highest BCUT2D eigenvalue weighted by Crippen LogP contribution is 2.27. The van der Waals surface area contributed by atoms with Gasteiger partial charge in [-0.3, -0.25) is 4.79 Å². The van der Waals surface area contributed by atoms with Gasteiger partial charge >= 0.3 is 5.97 Å². The Kier molecular flexibility index (Phi) is 4.74. The number of halogens is 1. The predicted molar refractivity (Wildman–Crippen MR) is 65.2 cm³/mol. The molecule has 0 aliphatic heterocycles. The van der Waals surface area contributed by atoms with Gasteiger partial charge in [0.1, 0.15) is 5.75 Å². The number of carboxylic acids is 1. The molecule has 1 rings (SSSR count). The van der Waals surface area contributed by atoms with Gasteiger partial charge in [0, 0.05) is 12.1 Å². The van der Waals surface area contributed by atoms with E-state index in [4.69, 9.17) is 32.9 Å². The summed E-state index contributed by atoms with van der Waals surface area (Å²) in [5.74, 6) is -0.443. The molecule has 0 fully saturated rings. The zero-order chi connectivity index (χ0) is 13.0. The number of rotatable bonds is 5. The summed E-state index contributed by atoms with van der Waals surface area (Å²) in [4.78, 5) is 10.5. The summed E-state index contributed by atoms with van der Waals surface area (Å²) in [6.45, 7) is 0. The minimum Gasteiger partial charge on any atom is -0.495 e. The van der Waals surface area contributed by atoms with Crippen molar-refractivity contribution in [2.75, 3.05) is 7.11 Å². The molecule has 0 spiro atoms. The lowest BCUT2D eigenvalue weighted by Crippen LogP contribution is -2.36. The van der Waals surface area contributed by atoms with Gasteiger partial charge in [0.2, 0.25) is 0 Å². The molecule has 1 aromatic rings. The Morgan fingerprint density at radius 3 is 2.65 bits per heavy atom. The van der Waals surface area contributed by atoms with Gasteiger partial charge in [-0.1, -0.05) is 17.7 Å². The third-order valence-corrected chi connectivity index (χ3v) is 2.73. The third kappa shape index (κ3) is 3.59. The number of benzene rings is 1. The lowest BCUT2D eigenvalue weighted by atomic mass is 9.98. The van der Waals surface area contributed by atoms with Gasteiger partial charge in [-0.25, -0.2) is 0 Å². The van der Waals surface area contributed by atoms with Gasteiger partial charge in [-0.05, 0) is 17.7 Å². The highest BCUT2D eigenvalue weighted by atomic mass is 35.5. The molecule has 94 valence electrons. The number of aliphatic carboxylic acids is 1. The predicted octanol–water partition coefficient (Wildman–Crippen LogP) is 1.15. The zero-order valence-electron chi connectivity index (χ0n) is 9.39. The van der Waals surface area contributed by atoms with Crippen LogP contribution in [0.2, 0.25) is 5.02 Å². The molecular formula is C11H15ClN2O3. The number of hydrogen-bond acceptors (Lipinski definition) is 4. The number of carbonyl (C=O) groups is 1. The fraction of sp³-hybridized carbons (Fsp3) is 0.364. The topological polar surface area (TPSA) is 98.6 Å². The highest BCUT2D eigenvalue weighted by molar-refractivity contribution is 6.32. The van der Waals surface area contributed by atoms with Crippen LogP contribution in [0, 0.1) is 0 Å². The first-order valence-electron chi connectivity index (χ1n) is 5.02. The van der Waals surface area contributed by atoms with Gasteiger partial charge < -0.3 is 21.3 Å². The van der Waals surface area contributed by atoms with Crippen molar-refractivity contribution < 1.29 is 14.6 Å². The standard InChI is InChI=1S/C11H15ClN2O3/c1-17-9-3-2-6(4-7(9)12)11(14)8(13)5-10(15)16/h2-4,8,11H,5,13-14H2,1H3,(H,15,16). The van der Waals surface area contributed by atoms with Crippen molar-refractivity contribution in [2.24, 2.45) is 11.5 Å². The summed E-state index contributed by atoms with van der Waals surface area (Å²) in [5.41, 5.74) is 12.2. The number of ether oxygens (including phenoxy) is 1. The maximum atomic E-state index is 10.5. The summed E-state index contributed by atoms with van der Waals surface area (Å²) in [6, 6.07) is 3.79. The molecule has 2 unspecified atom stereocenters. The Hall–Kier alpha value is -1.30. The average Bonchev–Trinajstić information content (AvgIpc) is 2.27. The Bertz CT molecular complexity index is 412. The van der Waals surface area contributed by atoms with E-state index >= 15 is 0 Å². The van der Waals surface area contributed by atoms with Crippen molar-refractivity contribution >= 4 is 17.6 Å². The van der Waals surface area contributed by atoms with E-state index in [0.717, 1.165) is 0 Å². The normalized spacial score (nSPS) is 14.1. The number of carboxylic acid groups (broad SMARTS) is 1. The quantitative estimate of drug-likeness (QED) is 0.736. The minimum atomic E-state index is -0.979. The van der Waals surface area contributed by atoms with Crippen LogP contribution in [0.15, 0.2) is 18.2 Å². The van der Waals surface area contributed by atoms with E-state index in [9.17, 15) is 4.79 Å². The summed E-state index contributed by atoms with van der Waals surface area (Å²) in [6.07, 6.45) is -0.190. The molecule has 1 aromatic carbocycles. The van der Waals surface area contributed by atoms with Crippen LogP contribution in [0.25, 0.3) is 0 Å². The second-order valence-electron chi connectivity index (χ2n) is 3.68. The van der Waals surface area contributed by atoms with Crippen molar-refractivity contribution in [3.63, 3.8) is 0 Å². The van der Waals surface area contributed by atoms with Crippen LogP contribution in [-0.4, -0.2) is 24.2 Å². The third-order valence-electron chi connectivity index (χ3n) is 2.43. The van der Waals surface area contributed by atoms with Crippen LogP contribution in [-0.2, 0) is 4.79 Å². The van der Waals surface area contributed by atoms with Crippen molar-refractivity contribution in [2.45, 2.75) is 18.5 Å². The first-order chi connectivity index (χ1) is 7.95. The average molecular weight is 259 g/mol. The van der Waals surface area contributed by atoms with Gasteiger partial charge in [-0.15, -0.1) is 0 Å². The molecule has 6 heteroatoms. The van der Waals surface area contributed by atoms with Crippen LogP contribution >= 0.6 is 11.6 Å². The van der Waals surface area contributed by atoms with Gasteiger partial charge in [0.05, 0.1) is 18.6 Å². The Balaban J connectivity index is 2.85. The lowest BCUT2D eigenvalue weighted by molar-refractivity contribution is -0.137. The van der Waals surface area contributed by atoms with Crippen molar-refractivity contribution in [1.82, 2.24) is 0 Å².